The molecule has 0 bridgehead atoms. The number of para-hydroxylation sites is 1. The van der Waals surface area contributed by atoms with Crippen LogP contribution in [0.4, 0.5) is 0 Å². The maximum atomic E-state index is 12.2. The predicted octanol–water partition coefficient (Wildman–Crippen LogP) is 6.70. The third-order valence-corrected chi connectivity index (χ3v) is 5.91. The SMILES string of the molecule is CCC(C)CCCC(C)CCCC(C)Cc1c(O)c2ccccc2oc1=O. The number of benzene rings is 1. The highest BCUT2D eigenvalue weighted by atomic mass is 16.4. The number of hydrogen-bond acceptors (Lipinski definition) is 3. The van der Waals surface area contributed by atoms with Gasteiger partial charge in [-0.05, 0) is 36.3 Å². The van der Waals surface area contributed by atoms with Crippen LogP contribution in [0.2, 0.25) is 0 Å². The van der Waals surface area contributed by atoms with Gasteiger partial charge in [-0.1, -0.05) is 84.8 Å². The van der Waals surface area contributed by atoms with Crippen LogP contribution < -0.4 is 5.63 Å². The van der Waals surface area contributed by atoms with E-state index in [0.717, 1.165) is 18.3 Å². The Bertz CT molecular complexity index is 762. The molecule has 2 aromatic rings. The molecule has 0 saturated carbocycles. The highest BCUT2D eigenvalue weighted by Crippen LogP contribution is 2.28. The van der Waals surface area contributed by atoms with E-state index >= 15 is 0 Å². The van der Waals surface area contributed by atoms with Crippen molar-refractivity contribution in [3.05, 3.63) is 40.2 Å². The molecule has 0 aliphatic rings. The van der Waals surface area contributed by atoms with Crippen LogP contribution in [0.5, 0.6) is 5.75 Å². The van der Waals surface area contributed by atoms with E-state index in [1.54, 1.807) is 18.2 Å². The Morgan fingerprint density at radius 2 is 1.52 bits per heavy atom. The van der Waals surface area contributed by atoms with Crippen LogP contribution in [0.1, 0.15) is 78.2 Å². The van der Waals surface area contributed by atoms with Crippen LogP contribution in [-0.4, -0.2) is 5.11 Å². The Morgan fingerprint density at radius 1 is 0.926 bits per heavy atom. The molecule has 1 aromatic heterocycles. The third kappa shape index (κ3) is 6.41. The summed E-state index contributed by atoms with van der Waals surface area (Å²) < 4.78 is 5.37. The van der Waals surface area contributed by atoms with Crippen molar-refractivity contribution < 1.29 is 9.52 Å². The van der Waals surface area contributed by atoms with Crippen LogP contribution in [0.25, 0.3) is 11.0 Å². The van der Waals surface area contributed by atoms with Gasteiger partial charge in [0.25, 0.3) is 0 Å². The minimum absolute atomic E-state index is 0.0899. The van der Waals surface area contributed by atoms with Gasteiger partial charge in [-0.3, -0.25) is 0 Å². The molecule has 3 unspecified atom stereocenters. The minimum Gasteiger partial charge on any atom is -0.507 e. The fourth-order valence-electron chi connectivity index (χ4n) is 3.78. The van der Waals surface area contributed by atoms with Crippen molar-refractivity contribution in [2.24, 2.45) is 17.8 Å². The molecule has 3 nitrogen and oxygen atoms in total. The van der Waals surface area contributed by atoms with Crippen molar-refractivity contribution >= 4 is 11.0 Å². The Hall–Kier alpha value is -1.77. The average Bonchev–Trinajstić information content (AvgIpc) is 2.65. The third-order valence-electron chi connectivity index (χ3n) is 5.91. The molecule has 1 aromatic carbocycles. The highest BCUT2D eigenvalue weighted by Gasteiger charge is 2.16. The number of hydrogen-bond donors (Lipinski definition) is 1. The van der Waals surface area contributed by atoms with Gasteiger partial charge >= 0.3 is 5.63 Å². The van der Waals surface area contributed by atoms with Crippen molar-refractivity contribution in [1.82, 2.24) is 0 Å². The Morgan fingerprint density at radius 3 is 2.19 bits per heavy atom. The summed E-state index contributed by atoms with van der Waals surface area (Å²) in [4.78, 5) is 12.2. The lowest BCUT2D eigenvalue weighted by atomic mass is 9.91. The van der Waals surface area contributed by atoms with Gasteiger partial charge in [-0.25, -0.2) is 4.79 Å². The van der Waals surface area contributed by atoms with Crippen molar-refractivity contribution in [2.45, 2.75) is 79.1 Å². The van der Waals surface area contributed by atoms with Crippen LogP contribution >= 0.6 is 0 Å². The second kappa shape index (κ2) is 10.5. The van der Waals surface area contributed by atoms with Gasteiger partial charge in [0.2, 0.25) is 0 Å². The van der Waals surface area contributed by atoms with E-state index in [0.29, 0.717) is 28.9 Å². The normalized spacial score (nSPS) is 15.0. The predicted molar refractivity (Wildman–Crippen MR) is 113 cm³/mol. The fraction of sp³-hybridized carbons (Fsp3) is 0.625. The minimum atomic E-state index is -0.406. The zero-order valence-electron chi connectivity index (χ0n) is 17.5. The molecule has 0 radical (unpaired) electrons. The Balaban J connectivity index is 1.81. The molecule has 0 fully saturated rings. The van der Waals surface area contributed by atoms with E-state index in [1.807, 2.05) is 6.07 Å². The van der Waals surface area contributed by atoms with Crippen LogP contribution in [0, 0.1) is 17.8 Å². The first-order valence-corrected chi connectivity index (χ1v) is 10.7. The molecule has 1 heterocycles. The van der Waals surface area contributed by atoms with Gasteiger partial charge in [-0.2, -0.15) is 0 Å². The smallest absolute Gasteiger partial charge is 0.343 e. The molecular formula is C24H36O3. The molecule has 0 aliphatic carbocycles. The van der Waals surface area contributed by atoms with Crippen LogP contribution in [-0.2, 0) is 6.42 Å². The molecule has 150 valence electrons. The van der Waals surface area contributed by atoms with E-state index < -0.39 is 5.63 Å². The lowest BCUT2D eigenvalue weighted by Gasteiger charge is -2.16. The maximum absolute atomic E-state index is 12.2. The standard InChI is InChI=1S/C24H36O3/c1-5-17(2)10-8-11-18(3)12-9-13-19(4)16-21-23(25)20-14-6-7-15-22(20)27-24(21)26/h6-7,14-15,17-19,25H,5,8-13,16H2,1-4H3. The highest BCUT2D eigenvalue weighted by molar-refractivity contribution is 5.83. The molecule has 0 aliphatic heterocycles. The number of fused-ring (bicyclic) bond motifs is 1. The molecule has 3 heteroatoms. The lowest BCUT2D eigenvalue weighted by Crippen LogP contribution is -2.12. The summed E-state index contributed by atoms with van der Waals surface area (Å²) >= 11 is 0. The van der Waals surface area contributed by atoms with E-state index in [2.05, 4.69) is 27.7 Å². The van der Waals surface area contributed by atoms with E-state index in [1.165, 1.54) is 38.5 Å². The first-order chi connectivity index (χ1) is 12.9. The van der Waals surface area contributed by atoms with Gasteiger partial charge in [0.05, 0.1) is 10.9 Å². The van der Waals surface area contributed by atoms with Crippen molar-refractivity contribution in [2.75, 3.05) is 0 Å². The second-order valence-electron chi connectivity index (χ2n) is 8.50. The zero-order chi connectivity index (χ0) is 19.8. The molecule has 0 amide bonds. The van der Waals surface area contributed by atoms with E-state index in [4.69, 9.17) is 4.42 Å². The maximum Gasteiger partial charge on any atom is 0.343 e. The second-order valence-corrected chi connectivity index (χ2v) is 8.50. The molecule has 2 rings (SSSR count). The summed E-state index contributed by atoms with van der Waals surface area (Å²) in [6, 6.07) is 7.16. The first-order valence-electron chi connectivity index (χ1n) is 10.7. The summed E-state index contributed by atoms with van der Waals surface area (Å²) in [7, 11) is 0. The van der Waals surface area contributed by atoms with Crippen molar-refractivity contribution in [3.63, 3.8) is 0 Å². The number of rotatable bonds is 11. The van der Waals surface area contributed by atoms with Crippen molar-refractivity contribution in [3.8, 4) is 5.75 Å². The van der Waals surface area contributed by atoms with Crippen LogP contribution in [0.3, 0.4) is 0 Å². The number of aromatic hydroxyl groups is 1. The molecule has 27 heavy (non-hydrogen) atoms. The quantitative estimate of drug-likeness (QED) is 0.446. The van der Waals surface area contributed by atoms with Gasteiger partial charge in [-0.15, -0.1) is 0 Å². The summed E-state index contributed by atoms with van der Waals surface area (Å²) in [6.07, 6.45) is 9.32. The van der Waals surface area contributed by atoms with E-state index in [9.17, 15) is 9.90 Å². The molecule has 0 spiro atoms. The monoisotopic (exact) mass is 372 g/mol. The fourth-order valence-corrected chi connectivity index (χ4v) is 3.78. The molecule has 0 saturated heterocycles. The van der Waals surface area contributed by atoms with E-state index in [-0.39, 0.29) is 5.75 Å². The average molecular weight is 373 g/mol. The summed E-state index contributed by atoms with van der Waals surface area (Å²) in [5.74, 6) is 2.05. The largest absolute Gasteiger partial charge is 0.507 e. The summed E-state index contributed by atoms with van der Waals surface area (Å²) in [6.45, 7) is 9.11. The van der Waals surface area contributed by atoms with Gasteiger partial charge in [0.15, 0.2) is 0 Å². The molecule has 3 atom stereocenters. The zero-order valence-corrected chi connectivity index (χ0v) is 17.5. The summed E-state index contributed by atoms with van der Waals surface area (Å²) in [5.41, 5.74) is 0.460. The van der Waals surface area contributed by atoms with Gasteiger partial charge in [0, 0.05) is 0 Å². The molecular weight excluding hydrogens is 336 g/mol. The summed E-state index contributed by atoms with van der Waals surface area (Å²) in [5, 5.41) is 11.1. The molecule has 1 N–H and O–H groups in total. The topological polar surface area (TPSA) is 50.4 Å². The lowest BCUT2D eigenvalue weighted by molar-refractivity contribution is 0.386. The Labute approximate surface area is 163 Å². The van der Waals surface area contributed by atoms with Crippen molar-refractivity contribution in [1.29, 1.82) is 0 Å². The van der Waals surface area contributed by atoms with Gasteiger partial charge in [0.1, 0.15) is 11.3 Å². The first kappa shape index (κ1) is 21.5. The van der Waals surface area contributed by atoms with Gasteiger partial charge < -0.3 is 9.52 Å². The van der Waals surface area contributed by atoms with Crippen LogP contribution in [0.15, 0.2) is 33.5 Å². The Kier molecular flexibility index (Phi) is 8.40.